The molecule has 0 saturated carbocycles. The summed E-state index contributed by atoms with van der Waals surface area (Å²) in [5, 5.41) is 8.60. The van der Waals surface area contributed by atoms with Gasteiger partial charge in [-0.1, -0.05) is 22.4 Å². The Morgan fingerprint density at radius 3 is 2.66 bits per heavy atom. The third-order valence-corrected chi connectivity index (χ3v) is 4.23. The average molecular weight is 395 g/mol. The van der Waals surface area contributed by atoms with Crippen molar-refractivity contribution in [3.8, 4) is 22.9 Å². The van der Waals surface area contributed by atoms with Crippen LogP contribution in [0.4, 0.5) is 0 Å². The lowest BCUT2D eigenvalue weighted by atomic mass is 10.2. The van der Waals surface area contributed by atoms with Gasteiger partial charge in [-0.3, -0.25) is 4.79 Å². The molecule has 4 aromatic rings. The molecule has 148 valence electrons. The lowest BCUT2D eigenvalue weighted by molar-refractivity contribution is -0.145. The van der Waals surface area contributed by atoms with Crippen LogP contribution in [0.5, 0.6) is 11.5 Å². The smallest absolute Gasteiger partial charge is 0.312 e. The molecule has 0 unspecified atom stereocenters. The minimum atomic E-state index is -0.477. The molecule has 0 atom stereocenters. The number of nitrogens with zero attached hydrogens (tertiary/aromatic N) is 3. The molecule has 0 N–H and O–H groups in total. The molecule has 2 aromatic carbocycles. The van der Waals surface area contributed by atoms with Gasteiger partial charge in [0.2, 0.25) is 5.82 Å². The van der Waals surface area contributed by atoms with Crippen LogP contribution in [0.15, 0.2) is 51.5 Å². The third kappa shape index (κ3) is 3.88. The van der Waals surface area contributed by atoms with E-state index in [1.54, 1.807) is 38.5 Å². The zero-order valence-corrected chi connectivity index (χ0v) is 15.7. The molecule has 0 saturated heterocycles. The van der Waals surface area contributed by atoms with E-state index in [9.17, 15) is 4.79 Å². The fourth-order valence-electron chi connectivity index (χ4n) is 2.80. The molecule has 2 heterocycles. The summed E-state index contributed by atoms with van der Waals surface area (Å²) in [5.41, 5.74) is 1.81. The van der Waals surface area contributed by atoms with E-state index in [1.807, 2.05) is 18.2 Å². The quantitative estimate of drug-likeness (QED) is 0.436. The number of ether oxygens (including phenoxy) is 3. The monoisotopic (exact) mass is 395 g/mol. The molecule has 2 aromatic heterocycles. The second-order valence-corrected chi connectivity index (χ2v) is 6.04. The van der Waals surface area contributed by atoms with Gasteiger partial charge in [0.05, 0.1) is 20.6 Å². The van der Waals surface area contributed by atoms with Gasteiger partial charge in [0.15, 0.2) is 23.7 Å². The number of aromatic nitrogens is 3. The fraction of sp³-hybridized carbons (Fsp3) is 0.200. The van der Waals surface area contributed by atoms with Crippen molar-refractivity contribution in [3.05, 3.63) is 54.0 Å². The highest BCUT2D eigenvalue weighted by Gasteiger charge is 2.16. The van der Waals surface area contributed by atoms with Crippen molar-refractivity contribution < 1.29 is 28.1 Å². The molecule has 9 heteroatoms. The number of esters is 1. The minimum absolute atomic E-state index is 0.0202. The van der Waals surface area contributed by atoms with Crippen molar-refractivity contribution in [3.63, 3.8) is 0 Å². The molecule has 0 aliphatic carbocycles. The maximum Gasteiger partial charge on any atom is 0.312 e. The first-order chi connectivity index (χ1) is 14.2. The minimum Gasteiger partial charge on any atom is -0.493 e. The van der Waals surface area contributed by atoms with Gasteiger partial charge in [-0.15, -0.1) is 0 Å². The van der Waals surface area contributed by atoms with Crippen LogP contribution < -0.4 is 9.47 Å². The van der Waals surface area contributed by atoms with E-state index in [-0.39, 0.29) is 18.9 Å². The summed E-state index contributed by atoms with van der Waals surface area (Å²) in [6, 6.07) is 12.6. The van der Waals surface area contributed by atoms with Crippen molar-refractivity contribution in [2.24, 2.45) is 0 Å². The van der Waals surface area contributed by atoms with Crippen molar-refractivity contribution in [2.75, 3.05) is 14.2 Å². The van der Waals surface area contributed by atoms with Crippen LogP contribution in [0, 0.1) is 0 Å². The Balaban J connectivity index is 1.40. The van der Waals surface area contributed by atoms with Crippen LogP contribution in [0.25, 0.3) is 22.4 Å². The number of carbonyl (C=O) groups excluding carboxylic acids is 1. The molecule has 0 bridgehead atoms. The first kappa shape index (κ1) is 18.5. The number of rotatable bonds is 7. The molecule has 0 spiro atoms. The number of fused-ring (bicyclic) bond motifs is 1. The van der Waals surface area contributed by atoms with Gasteiger partial charge < -0.3 is 23.3 Å². The Morgan fingerprint density at radius 2 is 1.83 bits per heavy atom. The van der Waals surface area contributed by atoms with Crippen LogP contribution in [-0.4, -0.2) is 35.5 Å². The standard InChI is InChI=1S/C20H17N3O6/c1-25-16-8-7-12(9-17(16)26-2)20-21-18(29-23-20)11-27-19(24)10-14-13-5-3-4-6-15(13)28-22-14/h3-9H,10-11H2,1-2H3. The molecule has 0 radical (unpaired) electrons. The molecular formula is C20H17N3O6. The first-order valence-electron chi connectivity index (χ1n) is 8.72. The van der Waals surface area contributed by atoms with E-state index in [4.69, 9.17) is 23.3 Å². The molecule has 0 aliphatic heterocycles. The Morgan fingerprint density at radius 1 is 1.00 bits per heavy atom. The number of para-hydroxylation sites is 1. The van der Waals surface area contributed by atoms with Gasteiger partial charge in [-0.05, 0) is 30.3 Å². The maximum atomic E-state index is 12.1. The molecule has 0 aliphatic rings. The fourth-order valence-corrected chi connectivity index (χ4v) is 2.80. The van der Waals surface area contributed by atoms with Crippen molar-refractivity contribution in [1.29, 1.82) is 0 Å². The lowest BCUT2D eigenvalue weighted by Crippen LogP contribution is -2.08. The summed E-state index contributed by atoms with van der Waals surface area (Å²) < 4.78 is 26.0. The Labute approximate surface area is 165 Å². The molecule has 29 heavy (non-hydrogen) atoms. The van der Waals surface area contributed by atoms with Crippen LogP contribution in [-0.2, 0) is 22.6 Å². The van der Waals surface area contributed by atoms with Gasteiger partial charge in [-0.2, -0.15) is 4.98 Å². The SMILES string of the molecule is COc1ccc(-c2noc(COC(=O)Cc3noc4ccccc34)n2)cc1OC. The van der Waals surface area contributed by atoms with Crippen LogP contribution in [0.3, 0.4) is 0 Å². The third-order valence-electron chi connectivity index (χ3n) is 4.23. The van der Waals surface area contributed by atoms with Gasteiger partial charge in [0, 0.05) is 10.9 Å². The molecule has 0 amide bonds. The second kappa shape index (κ2) is 8.01. The van der Waals surface area contributed by atoms with E-state index in [0.29, 0.717) is 34.2 Å². The summed E-state index contributed by atoms with van der Waals surface area (Å²) in [4.78, 5) is 16.4. The summed E-state index contributed by atoms with van der Waals surface area (Å²) >= 11 is 0. The summed E-state index contributed by atoms with van der Waals surface area (Å²) in [7, 11) is 3.10. The average Bonchev–Trinajstić information content (AvgIpc) is 3.39. The normalized spacial score (nSPS) is 10.8. The predicted octanol–water partition coefficient (Wildman–Crippen LogP) is 3.18. The van der Waals surface area contributed by atoms with E-state index >= 15 is 0 Å². The summed E-state index contributed by atoms with van der Waals surface area (Å²) in [6.45, 7) is -0.144. The number of benzene rings is 2. The predicted molar refractivity (Wildman–Crippen MR) is 100 cm³/mol. The number of methoxy groups -OCH3 is 2. The number of hydrogen-bond acceptors (Lipinski definition) is 9. The summed E-state index contributed by atoms with van der Waals surface area (Å²) in [5.74, 6) is 1.18. The van der Waals surface area contributed by atoms with Gasteiger partial charge >= 0.3 is 5.97 Å². The molecule has 9 nitrogen and oxygen atoms in total. The van der Waals surface area contributed by atoms with Gasteiger partial charge in [0.25, 0.3) is 5.89 Å². The Bertz CT molecular complexity index is 1150. The highest BCUT2D eigenvalue weighted by molar-refractivity contribution is 5.84. The van der Waals surface area contributed by atoms with E-state index in [0.717, 1.165) is 5.39 Å². The van der Waals surface area contributed by atoms with Crippen molar-refractivity contribution in [2.45, 2.75) is 13.0 Å². The maximum absolute atomic E-state index is 12.1. The van der Waals surface area contributed by atoms with Crippen molar-refractivity contribution in [1.82, 2.24) is 15.3 Å². The number of carbonyl (C=O) groups is 1. The lowest BCUT2D eigenvalue weighted by Gasteiger charge is -2.07. The van der Waals surface area contributed by atoms with E-state index < -0.39 is 5.97 Å². The van der Waals surface area contributed by atoms with Crippen LogP contribution in [0.1, 0.15) is 11.6 Å². The van der Waals surface area contributed by atoms with Crippen molar-refractivity contribution >= 4 is 16.9 Å². The molecule has 4 rings (SSSR count). The Hall–Kier alpha value is -3.88. The number of hydrogen-bond donors (Lipinski definition) is 0. The van der Waals surface area contributed by atoms with Crippen LogP contribution in [0.2, 0.25) is 0 Å². The zero-order chi connectivity index (χ0) is 20.2. The highest BCUT2D eigenvalue weighted by Crippen LogP contribution is 2.31. The summed E-state index contributed by atoms with van der Waals surface area (Å²) in [6.07, 6.45) is -0.0202. The van der Waals surface area contributed by atoms with Gasteiger partial charge in [0.1, 0.15) is 5.69 Å². The van der Waals surface area contributed by atoms with E-state index in [2.05, 4.69) is 15.3 Å². The largest absolute Gasteiger partial charge is 0.493 e. The first-order valence-corrected chi connectivity index (χ1v) is 8.72. The van der Waals surface area contributed by atoms with E-state index in [1.165, 1.54) is 0 Å². The van der Waals surface area contributed by atoms with Gasteiger partial charge in [-0.25, -0.2) is 0 Å². The Kier molecular flexibility index (Phi) is 5.10. The molecular weight excluding hydrogens is 378 g/mol. The second-order valence-electron chi connectivity index (χ2n) is 6.04. The molecule has 0 fully saturated rings. The highest BCUT2D eigenvalue weighted by atomic mass is 16.6. The zero-order valence-electron chi connectivity index (χ0n) is 15.7. The topological polar surface area (TPSA) is 110 Å². The van der Waals surface area contributed by atoms with Crippen LogP contribution >= 0.6 is 0 Å².